The van der Waals surface area contributed by atoms with Crippen molar-refractivity contribution in [2.75, 3.05) is 38.0 Å². The molecule has 2 heteroatoms. The summed E-state index contributed by atoms with van der Waals surface area (Å²) in [5.41, 5.74) is 4.06. The lowest BCUT2D eigenvalue weighted by atomic mass is 9.98. The van der Waals surface area contributed by atoms with Crippen molar-refractivity contribution in [2.45, 2.75) is 19.8 Å². The average molecular weight is 206 g/mol. The van der Waals surface area contributed by atoms with Crippen molar-refractivity contribution in [2.24, 2.45) is 0 Å². The third-order valence-corrected chi connectivity index (χ3v) is 2.60. The fourth-order valence-corrected chi connectivity index (χ4v) is 1.91. The van der Waals surface area contributed by atoms with Crippen LogP contribution in [-0.2, 0) is 0 Å². The van der Waals surface area contributed by atoms with Crippen LogP contribution in [0.5, 0.6) is 0 Å². The van der Waals surface area contributed by atoms with Crippen molar-refractivity contribution < 1.29 is 0 Å². The summed E-state index contributed by atoms with van der Waals surface area (Å²) in [5.74, 6) is 0.543. The van der Waals surface area contributed by atoms with E-state index < -0.39 is 0 Å². The molecule has 0 saturated heterocycles. The van der Waals surface area contributed by atoms with Gasteiger partial charge in [0.1, 0.15) is 0 Å². The molecule has 0 aliphatic rings. The lowest BCUT2D eigenvalue weighted by Crippen LogP contribution is -2.17. The fraction of sp³-hybridized carbons (Fsp3) is 0.538. The van der Waals surface area contributed by atoms with Crippen LogP contribution in [0.25, 0.3) is 0 Å². The van der Waals surface area contributed by atoms with E-state index in [-0.39, 0.29) is 0 Å². The first-order chi connectivity index (χ1) is 6.95. The van der Waals surface area contributed by atoms with Gasteiger partial charge >= 0.3 is 0 Å². The molecule has 0 aromatic heterocycles. The molecule has 1 aromatic rings. The highest BCUT2D eigenvalue weighted by Gasteiger charge is 2.14. The summed E-state index contributed by atoms with van der Waals surface area (Å²) in [6.07, 6.45) is 0. The maximum absolute atomic E-state index is 2.25. The van der Waals surface area contributed by atoms with Crippen molar-refractivity contribution in [3.8, 4) is 0 Å². The standard InChI is InChI=1S/C13H22N2/c1-10(2)13-11(14(3)4)8-7-9-12(13)15(5)6/h7-10H,1-6H3. The number of benzene rings is 1. The SMILES string of the molecule is CC(C)c1c(N(C)C)cccc1N(C)C. The second-order valence-corrected chi connectivity index (χ2v) is 4.65. The zero-order valence-electron chi connectivity index (χ0n) is 10.7. The molecule has 0 fully saturated rings. The van der Waals surface area contributed by atoms with Gasteiger partial charge in [-0.25, -0.2) is 0 Å². The van der Waals surface area contributed by atoms with Crippen molar-refractivity contribution in [3.05, 3.63) is 23.8 Å². The van der Waals surface area contributed by atoms with Crippen LogP contribution < -0.4 is 9.80 Å². The zero-order chi connectivity index (χ0) is 11.6. The third kappa shape index (κ3) is 2.44. The molecule has 1 rings (SSSR count). The van der Waals surface area contributed by atoms with E-state index in [1.54, 1.807) is 0 Å². The Labute approximate surface area is 93.5 Å². The molecule has 0 aliphatic heterocycles. The van der Waals surface area contributed by atoms with Gasteiger partial charge in [0.2, 0.25) is 0 Å². The van der Waals surface area contributed by atoms with E-state index in [4.69, 9.17) is 0 Å². The number of hydrogen-bond donors (Lipinski definition) is 0. The molecule has 0 radical (unpaired) electrons. The van der Waals surface area contributed by atoms with Gasteiger partial charge in [-0.05, 0) is 18.1 Å². The molecule has 2 nitrogen and oxygen atoms in total. The highest BCUT2D eigenvalue weighted by Crippen LogP contribution is 2.34. The first kappa shape index (κ1) is 11.9. The number of rotatable bonds is 3. The minimum absolute atomic E-state index is 0.543. The quantitative estimate of drug-likeness (QED) is 0.750. The maximum atomic E-state index is 2.25. The van der Waals surface area contributed by atoms with E-state index in [9.17, 15) is 0 Å². The van der Waals surface area contributed by atoms with Crippen LogP contribution in [0.3, 0.4) is 0 Å². The summed E-state index contributed by atoms with van der Waals surface area (Å²) in [4.78, 5) is 4.37. The average Bonchev–Trinajstić information content (AvgIpc) is 2.16. The van der Waals surface area contributed by atoms with E-state index in [1.807, 2.05) is 0 Å². The Hall–Kier alpha value is -1.18. The van der Waals surface area contributed by atoms with Gasteiger partial charge in [-0.15, -0.1) is 0 Å². The molecule has 15 heavy (non-hydrogen) atoms. The Balaban J connectivity index is 3.35. The second kappa shape index (κ2) is 4.56. The van der Waals surface area contributed by atoms with Crippen LogP contribution in [0.15, 0.2) is 18.2 Å². The molecule has 0 N–H and O–H groups in total. The normalized spacial score (nSPS) is 10.6. The highest BCUT2D eigenvalue weighted by molar-refractivity contribution is 5.68. The number of nitrogens with zero attached hydrogens (tertiary/aromatic N) is 2. The van der Waals surface area contributed by atoms with Gasteiger partial charge in [-0.3, -0.25) is 0 Å². The Morgan fingerprint density at radius 3 is 1.53 bits per heavy atom. The third-order valence-electron chi connectivity index (χ3n) is 2.60. The molecule has 84 valence electrons. The van der Waals surface area contributed by atoms with Crippen molar-refractivity contribution in [1.29, 1.82) is 0 Å². The number of hydrogen-bond acceptors (Lipinski definition) is 2. The Morgan fingerprint density at radius 2 is 1.27 bits per heavy atom. The molecule has 0 atom stereocenters. The van der Waals surface area contributed by atoms with Crippen molar-refractivity contribution >= 4 is 11.4 Å². The van der Waals surface area contributed by atoms with Gasteiger partial charge < -0.3 is 9.80 Å². The largest absolute Gasteiger partial charge is 0.377 e. The molecule has 0 aliphatic carbocycles. The van der Waals surface area contributed by atoms with E-state index >= 15 is 0 Å². The van der Waals surface area contributed by atoms with Gasteiger partial charge in [0, 0.05) is 45.1 Å². The van der Waals surface area contributed by atoms with Gasteiger partial charge in [-0.1, -0.05) is 19.9 Å². The van der Waals surface area contributed by atoms with Crippen molar-refractivity contribution in [3.63, 3.8) is 0 Å². The van der Waals surface area contributed by atoms with E-state index in [1.165, 1.54) is 16.9 Å². The summed E-state index contributed by atoms with van der Waals surface area (Å²) in [6.45, 7) is 4.49. The predicted octanol–water partition coefficient (Wildman–Crippen LogP) is 2.94. The smallest absolute Gasteiger partial charge is 0.0417 e. The highest BCUT2D eigenvalue weighted by atomic mass is 15.1. The van der Waals surface area contributed by atoms with Crippen LogP contribution in [-0.4, -0.2) is 28.2 Å². The van der Waals surface area contributed by atoms with Gasteiger partial charge in [0.05, 0.1) is 0 Å². The van der Waals surface area contributed by atoms with Crippen LogP contribution in [0.1, 0.15) is 25.3 Å². The van der Waals surface area contributed by atoms with Gasteiger partial charge in [0.25, 0.3) is 0 Å². The topological polar surface area (TPSA) is 6.48 Å². The Bertz CT molecular complexity index is 301. The maximum Gasteiger partial charge on any atom is 0.0417 e. The van der Waals surface area contributed by atoms with Crippen LogP contribution in [0.4, 0.5) is 11.4 Å². The van der Waals surface area contributed by atoms with Crippen LogP contribution >= 0.6 is 0 Å². The molecule has 1 aromatic carbocycles. The first-order valence-electron chi connectivity index (χ1n) is 5.42. The zero-order valence-corrected chi connectivity index (χ0v) is 10.7. The van der Waals surface area contributed by atoms with E-state index in [2.05, 4.69) is 70.0 Å². The predicted molar refractivity (Wildman–Crippen MR) is 69.2 cm³/mol. The van der Waals surface area contributed by atoms with E-state index in [0.29, 0.717) is 5.92 Å². The van der Waals surface area contributed by atoms with Gasteiger partial charge in [0.15, 0.2) is 0 Å². The molecule has 0 spiro atoms. The molecule has 0 amide bonds. The van der Waals surface area contributed by atoms with E-state index in [0.717, 1.165) is 0 Å². The monoisotopic (exact) mass is 206 g/mol. The summed E-state index contributed by atoms with van der Waals surface area (Å²) in [5, 5.41) is 0. The lowest BCUT2D eigenvalue weighted by molar-refractivity contribution is 0.851. The minimum Gasteiger partial charge on any atom is -0.377 e. The first-order valence-corrected chi connectivity index (χ1v) is 5.42. The number of anilines is 2. The summed E-state index contributed by atoms with van der Waals surface area (Å²) in [7, 11) is 8.39. The summed E-state index contributed by atoms with van der Waals surface area (Å²) < 4.78 is 0. The lowest BCUT2D eigenvalue weighted by Gasteiger charge is -2.26. The molecular weight excluding hydrogens is 184 g/mol. The Kier molecular flexibility index (Phi) is 3.61. The minimum atomic E-state index is 0.543. The van der Waals surface area contributed by atoms with Gasteiger partial charge in [-0.2, -0.15) is 0 Å². The Morgan fingerprint density at radius 1 is 0.867 bits per heavy atom. The summed E-state index contributed by atoms with van der Waals surface area (Å²) in [6, 6.07) is 6.49. The molecule has 0 unspecified atom stereocenters. The fourth-order valence-electron chi connectivity index (χ4n) is 1.91. The molecule has 0 bridgehead atoms. The molecule has 0 saturated carbocycles. The summed E-state index contributed by atoms with van der Waals surface area (Å²) >= 11 is 0. The van der Waals surface area contributed by atoms with Crippen LogP contribution in [0, 0.1) is 0 Å². The second-order valence-electron chi connectivity index (χ2n) is 4.65. The molecule has 0 heterocycles. The molecular formula is C13H22N2. The van der Waals surface area contributed by atoms with Crippen molar-refractivity contribution in [1.82, 2.24) is 0 Å². The van der Waals surface area contributed by atoms with Crippen LogP contribution in [0.2, 0.25) is 0 Å².